The van der Waals surface area contributed by atoms with E-state index in [1.807, 2.05) is 12.1 Å². The Morgan fingerprint density at radius 2 is 2.12 bits per heavy atom. The van der Waals surface area contributed by atoms with Gasteiger partial charge in [-0.2, -0.15) is 0 Å². The standard InChI is InChI=1S/C19H25N5O/c1-13(2)24(3)11-15-7-5-4-6-14(15)8-22-19(25)18-16-9-20-12-23-17(16)10-21-18/h4-7,9,12-13,18,21H,8,10-11H2,1-3H3,(H,22,25). The molecule has 0 saturated carbocycles. The second-order valence-corrected chi connectivity index (χ2v) is 6.73. The van der Waals surface area contributed by atoms with Gasteiger partial charge < -0.3 is 5.32 Å². The molecule has 1 atom stereocenters. The third-order valence-electron chi connectivity index (χ3n) is 4.75. The van der Waals surface area contributed by atoms with Crippen LogP contribution in [0.1, 0.15) is 42.3 Å². The Morgan fingerprint density at radius 1 is 1.36 bits per heavy atom. The minimum Gasteiger partial charge on any atom is -0.350 e. The molecular formula is C19H25N5O. The van der Waals surface area contributed by atoms with Crippen LogP contribution >= 0.6 is 0 Å². The van der Waals surface area contributed by atoms with Crippen LogP contribution in [0.3, 0.4) is 0 Å². The lowest BCUT2D eigenvalue weighted by Crippen LogP contribution is -2.34. The summed E-state index contributed by atoms with van der Waals surface area (Å²) in [5.41, 5.74) is 4.15. The zero-order valence-electron chi connectivity index (χ0n) is 15.0. The summed E-state index contributed by atoms with van der Waals surface area (Å²) in [6.07, 6.45) is 3.24. The average Bonchev–Trinajstić information content (AvgIpc) is 3.04. The Hall–Kier alpha value is -2.31. The average molecular weight is 339 g/mol. The van der Waals surface area contributed by atoms with Crippen LogP contribution in [-0.4, -0.2) is 33.9 Å². The summed E-state index contributed by atoms with van der Waals surface area (Å²) in [6.45, 7) is 6.33. The van der Waals surface area contributed by atoms with E-state index in [2.05, 4.69) is 58.5 Å². The highest BCUT2D eigenvalue weighted by molar-refractivity contribution is 5.84. The third kappa shape index (κ3) is 4.03. The predicted molar refractivity (Wildman–Crippen MR) is 96.5 cm³/mol. The van der Waals surface area contributed by atoms with Gasteiger partial charge in [-0.05, 0) is 32.0 Å². The minimum atomic E-state index is -0.373. The van der Waals surface area contributed by atoms with E-state index in [4.69, 9.17) is 0 Å². The highest BCUT2D eigenvalue weighted by atomic mass is 16.2. The zero-order chi connectivity index (χ0) is 17.8. The minimum absolute atomic E-state index is 0.0411. The number of benzene rings is 1. The molecule has 6 nitrogen and oxygen atoms in total. The van der Waals surface area contributed by atoms with Gasteiger partial charge in [-0.25, -0.2) is 9.97 Å². The zero-order valence-corrected chi connectivity index (χ0v) is 15.0. The maximum Gasteiger partial charge on any atom is 0.242 e. The smallest absolute Gasteiger partial charge is 0.242 e. The molecule has 1 amide bonds. The molecule has 0 radical (unpaired) electrons. The third-order valence-corrected chi connectivity index (χ3v) is 4.75. The van der Waals surface area contributed by atoms with Crippen LogP contribution in [0.25, 0.3) is 0 Å². The van der Waals surface area contributed by atoms with E-state index in [0.717, 1.165) is 23.4 Å². The fourth-order valence-corrected chi connectivity index (χ4v) is 2.92. The number of rotatable bonds is 6. The van der Waals surface area contributed by atoms with E-state index in [1.54, 1.807) is 6.20 Å². The number of nitrogens with one attached hydrogen (secondary N) is 2. The van der Waals surface area contributed by atoms with Gasteiger partial charge in [0.1, 0.15) is 12.4 Å². The number of aromatic nitrogens is 2. The molecule has 0 spiro atoms. The Morgan fingerprint density at radius 3 is 2.88 bits per heavy atom. The van der Waals surface area contributed by atoms with Crippen molar-refractivity contribution in [2.75, 3.05) is 7.05 Å². The number of carbonyl (C=O) groups excluding carboxylic acids is 1. The largest absolute Gasteiger partial charge is 0.350 e. The maximum atomic E-state index is 12.6. The summed E-state index contributed by atoms with van der Waals surface area (Å²) in [4.78, 5) is 23.1. The first-order valence-corrected chi connectivity index (χ1v) is 8.63. The van der Waals surface area contributed by atoms with Crippen LogP contribution in [0.4, 0.5) is 0 Å². The highest BCUT2D eigenvalue weighted by Crippen LogP contribution is 2.22. The van der Waals surface area contributed by atoms with Crippen LogP contribution in [0, 0.1) is 0 Å². The topological polar surface area (TPSA) is 70.2 Å². The van der Waals surface area contributed by atoms with Crippen LogP contribution in [0.5, 0.6) is 0 Å². The van der Waals surface area contributed by atoms with Crippen molar-refractivity contribution in [1.82, 2.24) is 25.5 Å². The normalized spacial score (nSPS) is 16.3. The highest BCUT2D eigenvalue weighted by Gasteiger charge is 2.29. The lowest BCUT2D eigenvalue weighted by molar-refractivity contribution is -0.123. The first-order valence-electron chi connectivity index (χ1n) is 8.63. The van der Waals surface area contributed by atoms with Gasteiger partial charge in [0, 0.05) is 37.4 Å². The molecule has 0 fully saturated rings. The molecule has 3 rings (SSSR count). The van der Waals surface area contributed by atoms with Gasteiger partial charge in [0.25, 0.3) is 0 Å². The maximum absolute atomic E-state index is 12.6. The molecule has 6 heteroatoms. The van der Waals surface area contributed by atoms with E-state index < -0.39 is 0 Å². The van der Waals surface area contributed by atoms with Gasteiger partial charge in [0.05, 0.1) is 5.69 Å². The van der Waals surface area contributed by atoms with Crippen molar-refractivity contribution in [3.05, 3.63) is 59.2 Å². The molecule has 0 bridgehead atoms. The van der Waals surface area contributed by atoms with Gasteiger partial charge in [0.15, 0.2) is 0 Å². The van der Waals surface area contributed by atoms with Crippen molar-refractivity contribution in [3.8, 4) is 0 Å². The number of hydrogen-bond donors (Lipinski definition) is 2. The van der Waals surface area contributed by atoms with Crippen molar-refractivity contribution in [3.63, 3.8) is 0 Å². The van der Waals surface area contributed by atoms with Gasteiger partial charge >= 0.3 is 0 Å². The number of amides is 1. The second-order valence-electron chi connectivity index (χ2n) is 6.73. The molecule has 1 aromatic carbocycles. The van der Waals surface area contributed by atoms with Crippen molar-refractivity contribution in [2.45, 2.75) is 45.6 Å². The second kappa shape index (κ2) is 7.72. The van der Waals surface area contributed by atoms with Crippen molar-refractivity contribution in [2.24, 2.45) is 0 Å². The SMILES string of the molecule is CC(C)N(C)Cc1ccccc1CNC(=O)C1NCc2ncncc21. The monoisotopic (exact) mass is 339 g/mol. The molecule has 1 aromatic heterocycles. The Balaban J connectivity index is 1.65. The van der Waals surface area contributed by atoms with Crippen LogP contribution in [0.15, 0.2) is 36.8 Å². The van der Waals surface area contributed by atoms with E-state index in [9.17, 15) is 4.79 Å². The van der Waals surface area contributed by atoms with Crippen LogP contribution < -0.4 is 10.6 Å². The van der Waals surface area contributed by atoms with E-state index in [-0.39, 0.29) is 11.9 Å². The number of fused-ring (bicyclic) bond motifs is 1. The summed E-state index contributed by atoms with van der Waals surface area (Å²) >= 11 is 0. The summed E-state index contributed by atoms with van der Waals surface area (Å²) in [7, 11) is 2.11. The molecule has 1 aliphatic rings. The van der Waals surface area contributed by atoms with Crippen LogP contribution in [0.2, 0.25) is 0 Å². The number of nitrogens with zero attached hydrogens (tertiary/aromatic N) is 3. The summed E-state index contributed by atoms with van der Waals surface area (Å²) in [6, 6.07) is 8.35. The molecule has 132 valence electrons. The fraction of sp³-hybridized carbons (Fsp3) is 0.421. The predicted octanol–water partition coefficient (Wildman–Crippen LogP) is 1.78. The van der Waals surface area contributed by atoms with E-state index in [0.29, 0.717) is 19.1 Å². The Labute approximate surface area is 148 Å². The molecular weight excluding hydrogens is 314 g/mol. The van der Waals surface area contributed by atoms with Crippen molar-refractivity contribution < 1.29 is 4.79 Å². The number of hydrogen-bond acceptors (Lipinski definition) is 5. The number of carbonyl (C=O) groups is 1. The molecule has 1 unspecified atom stereocenters. The van der Waals surface area contributed by atoms with Crippen molar-refractivity contribution in [1.29, 1.82) is 0 Å². The van der Waals surface area contributed by atoms with Crippen molar-refractivity contribution >= 4 is 5.91 Å². The molecule has 0 saturated heterocycles. The Kier molecular flexibility index (Phi) is 5.40. The lowest BCUT2D eigenvalue weighted by atomic mass is 10.1. The Bertz CT molecular complexity index is 746. The lowest BCUT2D eigenvalue weighted by Gasteiger charge is -2.23. The van der Waals surface area contributed by atoms with E-state index in [1.165, 1.54) is 11.9 Å². The summed E-state index contributed by atoms with van der Waals surface area (Å²) in [5.74, 6) is -0.0411. The first-order chi connectivity index (χ1) is 12.1. The van der Waals surface area contributed by atoms with Gasteiger partial charge in [-0.3, -0.25) is 15.0 Å². The quantitative estimate of drug-likeness (QED) is 0.839. The molecule has 2 aromatic rings. The molecule has 1 aliphatic heterocycles. The fourth-order valence-electron chi connectivity index (χ4n) is 2.92. The molecule has 0 aliphatic carbocycles. The van der Waals surface area contributed by atoms with Gasteiger partial charge in [-0.15, -0.1) is 0 Å². The first kappa shape index (κ1) is 17.5. The van der Waals surface area contributed by atoms with Crippen LogP contribution in [-0.2, 0) is 24.4 Å². The summed E-state index contributed by atoms with van der Waals surface area (Å²) in [5, 5.41) is 6.25. The summed E-state index contributed by atoms with van der Waals surface area (Å²) < 4.78 is 0. The molecule has 25 heavy (non-hydrogen) atoms. The molecule has 2 heterocycles. The van der Waals surface area contributed by atoms with Gasteiger partial charge in [-0.1, -0.05) is 24.3 Å². The van der Waals surface area contributed by atoms with E-state index >= 15 is 0 Å². The molecule has 2 N–H and O–H groups in total. The van der Waals surface area contributed by atoms with Gasteiger partial charge in [0.2, 0.25) is 5.91 Å².